The summed E-state index contributed by atoms with van der Waals surface area (Å²) < 4.78 is 26.1. The molecule has 0 bridgehead atoms. The molecule has 2 rings (SSSR count). The molecule has 0 aliphatic rings. The highest BCUT2D eigenvalue weighted by molar-refractivity contribution is 5.96. The van der Waals surface area contributed by atoms with Crippen molar-refractivity contribution in [2.24, 2.45) is 0 Å². The van der Waals surface area contributed by atoms with E-state index in [-0.39, 0.29) is 23.5 Å². The number of non-ortho nitro benzene ring substituents is 1. The molecule has 32 heavy (non-hydrogen) atoms. The Kier molecular flexibility index (Phi) is 8.22. The summed E-state index contributed by atoms with van der Waals surface area (Å²) in [5.74, 6) is -0.00273. The van der Waals surface area contributed by atoms with Crippen LogP contribution in [0.3, 0.4) is 0 Å². The molecule has 0 aliphatic carbocycles. The van der Waals surface area contributed by atoms with Crippen molar-refractivity contribution in [1.29, 1.82) is 0 Å². The summed E-state index contributed by atoms with van der Waals surface area (Å²) in [7, 11) is 5.73. The maximum absolute atomic E-state index is 12.5. The number of nitrogens with one attached hydrogen (secondary N) is 1. The van der Waals surface area contributed by atoms with Gasteiger partial charge in [-0.05, 0) is 30.7 Å². The van der Waals surface area contributed by atoms with Crippen molar-refractivity contribution >= 4 is 23.3 Å². The van der Waals surface area contributed by atoms with Gasteiger partial charge in [-0.15, -0.1) is 0 Å². The summed E-state index contributed by atoms with van der Waals surface area (Å²) in [5.41, 5.74) is 0.379. The van der Waals surface area contributed by atoms with E-state index in [4.69, 9.17) is 23.7 Å². The number of benzene rings is 2. The Labute approximate surface area is 184 Å². The van der Waals surface area contributed by atoms with E-state index in [2.05, 4.69) is 5.32 Å². The normalized spacial score (nSPS) is 11.2. The monoisotopic (exact) mass is 448 g/mol. The van der Waals surface area contributed by atoms with Crippen molar-refractivity contribution in [3.63, 3.8) is 0 Å². The summed E-state index contributed by atoms with van der Waals surface area (Å²) in [6.07, 6.45) is -1.33. The highest BCUT2D eigenvalue weighted by atomic mass is 16.6. The van der Waals surface area contributed by atoms with Gasteiger partial charge in [0.1, 0.15) is 5.75 Å². The molecule has 11 heteroatoms. The van der Waals surface area contributed by atoms with Gasteiger partial charge in [-0.25, -0.2) is 0 Å². The molecule has 0 spiro atoms. The Balaban J connectivity index is 2.09. The van der Waals surface area contributed by atoms with Crippen LogP contribution >= 0.6 is 0 Å². The maximum atomic E-state index is 12.5. The first-order valence-corrected chi connectivity index (χ1v) is 9.35. The number of hydrogen-bond donors (Lipinski definition) is 1. The molecule has 0 aliphatic heterocycles. The Hall–Kier alpha value is -4.02. The molecule has 0 unspecified atom stereocenters. The number of carbonyl (C=O) groups excluding carboxylic acids is 2. The smallest absolute Gasteiger partial charge is 0.311 e. The molecule has 1 atom stereocenters. The summed E-state index contributed by atoms with van der Waals surface area (Å²) >= 11 is 0. The number of hydrogen-bond acceptors (Lipinski definition) is 9. The highest BCUT2D eigenvalue weighted by Gasteiger charge is 2.22. The van der Waals surface area contributed by atoms with E-state index in [1.807, 2.05) is 0 Å². The van der Waals surface area contributed by atoms with E-state index in [1.54, 1.807) is 12.1 Å². The second-order valence-corrected chi connectivity index (χ2v) is 6.47. The summed E-state index contributed by atoms with van der Waals surface area (Å²) in [5, 5.41) is 13.5. The third-order valence-corrected chi connectivity index (χ3v) is 4.40. The largest absolute Gasteiger partial charge is 0.495 e. The van der Waals surface area contributed by atoms with Crippen LogP contribution in [0.1, 0.15) is 12.5 Å². The van der Waals surface area contributed by atoms with E-state index in [0.717, 1.165) is 6.07 Å². The van der Waals surface area contributed by atoms with E-state index >= 15 is 0 Å². The molecule has 0 saturated carbocycles. The average molecular weight is 448 g/mol. The molecule has 1 N–H and O–H groups in total. The van der Waals surface area contributed by atoms with Crippen LogP contribution in [0.4, 0.5) is 11.4 Å². The predicted molar refractivity (Wildman–Crippen MR) is 114 cm³/mol. The van der Waals surface area contributed by atoms with E-state index in [1.165, 1.54) is 47.5 Å². The van der Waals surface area contributed by atoms with Crippen LogP contribution in [0.25, 0.3) is 0 Å². The van der Waals surface area contributed by atoms with E-state index in [9.17, 15) is 19.7 Å². The van der Waals surface area contributed by atoms with Gasteiger partial charge in [-0.1, -0.05) is 0 Å². The zero-order valence-electron chi connectivity index (χ0n) is 18.3. The Morgan fingerprint density at radius 1 is 0.969 bits per heavy atom. The fraction of sp³-hybridized carbons (Fsp3) is 0.333. The van der Waals surface area contributed by atoms with Crippen LogP contribution in [0.15, 0.2) is 30.3 Å². The Morgan fingerprint density at radius 2 is 1.56 bits per heavy atom. The van der Waals surface area contributed by atoms with Crippen molar-refractivity contribution in [1.82, 2.24) is 0 Å². The number of nitro groups is 1. The molecule has 11 nitrogen and oxygen atoms in total. The Morgan fingerprint density at radius 3 is 2.06 bits per heavy atom. The first kappa shape index (κ1) is 24.3. The zero-order valence-corrected chi connectivity index (χ0v) is 18.3. The minimum absolute atomic E-state index is 0.0826. The fourth-order valence-corrected chi connectivity index (χ4v) is 2.84. The average Bonchev–Trinajstić information content (AvgIpc) is 2.77. The lowest BCUT2D eigenvalue weighted by Gasteiger charge is -2.16. The number of nitro benzene ring substituents is 1. The molecule has 0 heterocycles. The van der Waals surface area contributed by atoms with Crippen LogP contribution in [-0.4, -0.2) is 51.3 Å². The lowest BCUT2D eigenvalue weighted by Crippen LogP contribution is -2.30. The number of methoxy groups -OCH3 is 4. The van der Waals surface area contributed by atoms with Gasteiger partial charge < -0.3 is 29.0 Å². The van der Waals surface area contributed by atoms with Crippen molar-refractivity contribution in [3.8, 4) is 23.0 Å². The number of ether oxygens (including phenoxy) is 5. The van der Waals surface area contributed by atoms with Crippen LogP contribution in [0.2, 0.25) is 0 Å². The van der Waals surface area contributed by atoms with Crippen molar-refractivity contribution in [2.45, 2.75) is 19.4 Å². The molecule has 0 saturated heterocycles. The van der Waals surface area contributed by atoms with Gasteiger partial charge in [0.05, 0.1) is 45.5 Å². The van der Waals surface area contributed by atoms with Crippen molar-refractivity contribution in [2.75, 3.05) is 33.8 Å². The molecule has 0 aromatic heterocycles. The number of anilines is 1. The summed E-state index contributed by atoms with van der Waals surface area (Å²) in [4.78, 5) is 35.2. The maximum Gasteiger partial charge on any atom is 0.311 e. The van der Waals surface area contributed by atoms with Crippen LogP contribution in [-0.2, 0) is 20.7 Å². The minimum atomic E-state index is -1.17. The molecule has 1 amide bonds. The van der Waals surface area contributed by atoms with Gasteiger partial charge >= 0.3 is 5.97 Å². The molecule has 172 valence electrons. The van der Waals surface area contributed by atoms with E-state index in [0.29, 0.717) is 22.8 Å². The predicted octanol–water partition coefficient (Wildman–Crippen LogP) is 2.74. The second kappa shape index (κ2) is 10.8. The number of esters is 1. The SMILES string of the molecule is COc1ccc([N+](=O)[O-])cc1NC(=O)[C@H](C)OC(=O)Cc1cc(OC)c(OC)c(OC)c1. The number of amides is 1. The number of carbonyl (C=O) groups is 2. The molecule has 0 radical (unpaired) electrons. The molecular weight excluding hydrogens is 424 g/mol. The van der Waals surface area contributed by atoms with Gasteiger partial charge in [0.15, 0.2) is 17.6 Å². The second-order valence-electron chi connectivity index (χ2n) is 6.47. The lowest BCUT2D eigenvalue weighted by molar-refractivity contribution is -0.384. The van der Waals surface area contributed by atoms with Gasteiger partial charge in [-0.3, -0.25) is 19.7 Å². The molecular formula is C21H24N2O9. The minimum Gasteiger partial charge on any atom is -0.495 e. The van der Waals surface area contributed by atoms with Gasteiger partial charge in [0.25, 0.3) is 11.6 Å². The van der Waals surface area contributed by atoms with Crippen LogP contribution in [0, 0.1) is 10.1 Å². The quantitative estimate of drug-likeness (QED) is 0.330. The summed E-state index contributed by atoms with van der Waals surface area (Å²) in [6.45, 7) is 1.38. The van der Waals surface area contributed by atoms with Gasteiger partial charge in [0.2, 0.25) is 5.75 Å². The Bertz CT molecular complexity index is 982. The molecule has 2 aromatic carbocycles. The topological polar surface area (TPSA) is 135 Å². The summed E-state index contributed by atoms with van der Waals surface area (Å²) in [6, 6.07) is 6.95. The third-order valence-electron chi connectivity index (χ3n) is 4.40. The van der Waals surface area contributed by atoms with Gasteiger partial charge in [0, 0.05) is 12.1 Å². The van der Waals surface area contributed by atoms with Crippen molar-refractivity contribution in [3.05, 3.63) is 46.0 Å². The van der Waals surface area contributed by atoms with Gasteiger partial charge in [-0.2, -0.15) is 0 Å². The first-order valence-electron chi connectivity index (χ1n) is 9.35. The van der Waals surface area contributed by atoms with Crippen molar-refractivity contribution < 1.29 is 38.2 Å². The fourth-order valence-electron chi connectivity index (χ4n) is 2.84. The third kappa shape index (κ3) is 5.78. The number of nitrogens with zero attached hydrogens (tertiary/aromatic N) is 1. The molecule has 0 fully saturated rings. The number of rotatable bonds is 10. The zero-order chi connectivity index (χ0) is 23.8. The first-order chi connectivity index (χ1) is 15.2. The van der Waals surface area contributed by atoms with Crippen LogP contribution in [0.5, 0.6) is 23.0 Å². The highest BCUT2D eigenvalue weighted by Crippen LogP contribution is 2.38. The standard InChI is InChI=1S/C21H24N2O9/c1-12(21(25)22-15-11-14(23(26)27)6-7-16(15)28-2)32-19(24)10-13-8-17(29-3)20(31-5)18(9-13)30-4/h6-9,11-12H,10H2,1-5H3,(H,22,25)/t12-/m0/s1. The molecule has 2 aromatic rings. The lowest BCUT2D eigenvalue weighted by atomic mass is 10.1. The van der Waals surface area contributed by atoms with Crippen LogP contribution < -0.4 is 24.3 Å². The van der Waals surface area contributed by atoms with E-state index < -0.39 is 22.9 Å².